The molecule has 2 N–H and O–H groups in total. The van der Waals surface area contributed by atoms with Gasteiger partial charge in [0.2, 0.25) is 0 Å². The summed E-state index contributed by atoms with van der Waals surface area (Å²) >= 11 is 0. The first-order valence-electron chi connectivity index (χ1n) is 5.01. The Morgan fingerprint density at radius 3 is 2.21 bits per heavy atom. The summed E-state index contributed by atoms with van der Waals surface area (Å²) in [5, 5.41) is 18.3. The number of aliphatic hydroxyl groups is 1. The molecule has 1 atom stereocenters. The molecule has 4 heteroatoms. The molecule has 1 aliphatic carbocycles. The van der Waals surface area contributed by atoms with Gasteiger partial charge in [0.15, 0.2) is 0 Å². The Balaban J connectivity index is 2.79. The Kier molecular flexibility index (Phi) is 3.04. The van der Waals surface area contributed by atoms with Crippen LogP contribution in [0.3, 0.4) is 0 Å². The zero-order valence-electron chi connectivity index (χ0n) is 9.03. The molecule has 0 aromatic carbocycles. The molecule has 14 heavy (non-hydrogen) atoms. The van der Waals surface area contributed by atoms with Crippen molar-refractivity contribution in [3.63, 3.8) is 0 Å². The average molecular weight is 201 g/mol. The van der Waals surface area contributed by atoms with Crippen molar-refractivity contribution in [2.45, 2.75) is 45.2 Å². The van der Waals surface area contributed by atoms with Crippen LogP contribution in [-0.2, 0) is 0 Å². The van der Waals surface area contributed by atoms with Crippen molar-refractivity contribution < 1.29 is 15.0 Å². The lowest BCUT2D eigenvalue weighted by molar-refractivity contribution is 0.0378. The SMILES string of the molecule is CC(C)(C)N(C(=O)O)C(CO)C1CC1. The molecule has 0 bridgehead atoms. The second kappa shape index (κ2) is 3.77. The van der Waals surface area contributed by atoms with Crippen molar-refractivity contribution in [1.29, 1.82) is 0 Å². The van der Waals surface area contributed by atoms with Gasteiger partial charge in [-0.2, -0.15) is 0 Å². The smallest absolute Gasteiger partial charge is 0.408 e. The highest BCUT2D eigenvalue weighted by atomic mass is 16.4. The van der Waals surface area contributed by atoms with E-state index in [0.717, 1.165) is 12.8 Å². The predicted molar refractivity (Wildman–Crippen MR) is 53.2 cm³/mol. The molecule has 1 saturated carbocycles. The molecule has 1 amide bonds. The van der Waals surface area contributed by atoms with Gasteiger partial charge >= 0.3 is 6.09 Å². The minimum atomic E-state index is -0.941. The molecule has 0 aromatic rings. The Bertz CT molecular complexity index is 218. The van der Waals surface area contributed by atoms with E-state index in [-0.39, 0.29) is 12.6 Å². The maximum Gasteiger partial charge on any atom is 0.408 e. The molecule has 1 fully saturated rings. The maximum absolute atomic E-state index is 11.1. The van der Waals surface area contributed by atoms with Crippen molar-refractivity contribution in [2.24, 2.45) is 5.92 Å². The molecule has 1 rings (SSSR count). The number of amides is 1. The van der Waals surface area contributed by atoms with Crippen molar-refractivity contribution in [3.8, 4) is 0 Å². The van der Waals surface area contributed by atoms with E-state index in [1.54, 1.807) is 0 Å². The van der Waals surface area contributed by atoms with Gasteiger partial charge in [-0.1, -0.05) is 0 Å². The van der Waals surface area contributed by atoms with Crippen LogP contribution in [-0.4, -0.2) is 39.4 Å². The Labute approximate surface area is 84.5 Å². The largest absolute Gasteiger partial charge is 0.465 e. The number of aliphatic hydroxyl groups excluding tert-OH is 1. The highest BCUT2D eigenvalue weighted by molar-refractivity contribution is 5.66. The zero-order valence-corrected chi connectivity index (χ0v) is 9.03. The third kappa shape index (κ3) is 2.38. The van der Waals surface area contributed by atoms with Gasteiger partial charge in [0.1, 0.15) is 0 Å². The minimum absolute atomic E-state index is 0.0752. The van der Waals surface area contributed by atoms with Gasteiger partial charge in [-0.15, -0.1) is 0 Å². The van der Waals surface area contributed by atoms with Crippen molar-refractivity contribution in [2.75, 3.05) is 6.61 Å². The van der Waals surface area contributed by atoms with Crippen LogP contribution in [0.4, 0.5) is 4.79 Å². The first kappa shape index (κ1) is 11.3. The zero-order chi connectivity index (χ0) is 10.9. The first-order valence-corrected chi connectivity index (χ1v) is 5.01. The van der Waals surface area contributed by atoms with E-state index in [2.05, 4.69) is 0 Å². The highest BCUT2D eigenvalue weighted by Gasteiger charge is 2.41. The summed E-state index contributed by atoms with van der Waals surface area (Å²) in [6.07, 6.45) is 1.12. The molecule has 0 aromatic heterocycles. The van der Waals surface area contributed by atoms with Gasteiger partial charge in [-0.3, -0.25) is 4.90 Å². The number of hydrogen-bond acceptors (Lipinski definition) is 2. The Hall–Kier alpha value is -0.770. The lowest BCUT2D eigenvalue weighted by atomic mass is 10.0. The lowest BCUT2D eigenvalue weighted by Gasteiger charge is -2.39. The van der Waals surface area contributed by atoms with Crippen LogP contribution in [0, 0.1) is 5.92 Å². The van der Waals surface area contributed by atoms with Gasteiger partial charge in [-0.25, -0.2) is 4.79 Å². The first-order chi connectivity index (χ1) is 6.38. The van der Waals surface area contributed by atoms with E-state index >= 15 is 0 Å². The summed E-state index contributed by atoms with van der Waals surface area (Å²) in [5.41, 5.74) is -0.443. The predicted octanol–water partition coefficient (Wildman–Crippen LogP) is 1.54. The van der Waals surface area contributed by atoms with Crippen LogP contribution >= 0.6 is 0 Å². The van der Waals surface area contributed by atoms with Gasteiger partial charge in [0.05, 0.1) is 12.6 Å². The molecular weight excluding hydrogens is 182 g/mol. The van der Waals surface area contributed by atoms with Gasteiger partial charge in [0.25, 0.3) is 0 Å². The van der Waals surface area contributed by atoms with E-state index < -0.39 is 11.6 Å². The fourth-order valence-electron chi connectivity index (χ4n) is 1.85. The monoisotopic (exact) mass is 201 g/mol. The quantitative estimate of drug-likeness (QED) is 0.728. The fourth-order valence-corrected chi connectivity index (χ4v) is 1.85. The van der Waals surface area contributed by atoms with Crippen molar-refractivity contribution in [1.82, 2.24) is 4.90 Å². The van der Waals surface area contributed by atoms with Crippen LogP contribution in [0.2, 0.25) is 0 Å². The topological polar surface area (TPSA) is 60.8 Å². The molecule has 0 radical (unpaired) electrons. The minimum Gasteiger partial charge on any atom is -0.465 e. The molecule has 0 saturated heterocycles. The number of rotatable bonds is 3. The number of nitrogens with zero attached hydrogens (tertiary/aromatic N) is 1. The molecule has 4 nitrogen and oxygen atoms in total. The van der Waals surface area contributed by atoms with Gasteiger partial charge in [0, 0.05) is 5.54 Å². The molecule has 0 heterocycles. The van der Waals surface area contributed by atoms with E-state index in [4.69, 9.17) is 5.11 Å². The summed E-state index contributed by atoms with van der Waals surface area (Å²) in [5.74, 6) is 0.357. The van der Waals surface area contributed by atoms with Gasteiger partial charge in [-0.05, 0) is 39.5 Å². The molecule has 0 spiro atoms. The fraction of sp³-hybridized carbons (Fsp3) is 0.900. The van der Waals surface area contributed by atoms with E-state index in [1.807, 2.05) is 20.8 Å². The van der Waals surface area contributed by atoms with Crippen LogP contribution in [0.15, 0.2) is 0 Å². The van der Waals surface area contributed by atoms with E-state index in [1.165, 1.54) is 4.90 Å². The molecule has 0 aliphatic heterocycles. The lowest BCUT2D eigenvalue weighted by Crippen LogP contribution is -2.53. The highest BCUT2D eigenvalue weighted by Crippen LogP contribution is 2.37. The Morgan fingerprint density at radius 1 is 1.50 bits per heavy atom. The molecular formula is C10H19NO3. The van der Waals surface area contributed by atoms with Crippen LogP contribution in [0.5, 0.6) is 0 Å². The average Bonchev–Trinajstić information content (AvgIpc) is 2.78. The molecule has 1 aliphatic rings. The van der Waals surface area contributed by atoms with Crippen molar-refractivity contribution in [3.05, 3.63) is 0 Å². The van der Waals surface area contributed by atoms with E-state index in [9.17, 15) is 9.90 Å². The standard InChI is InChI=1S/C10H19NO3/c1-10(2,3)11(9(13)14)8(6-12)7-4-5-7/h7-8,12H,4-6H2,1-3H3,(H,13,14). The second-order valence-electron chi connectivity index (χ2n) is 4.91. The summed E-state index contributed by atoms with van der Waals surface area (Å²) < 4.78 is 0. The number of carbonyl (C=O) groups is 1. The third-order valence-electron chi connectivity index (χ3n) is 2.61. The summed E-state index contributed by atoms with van der Waals surface area (Å²) in [4.78, 5) is 12.5. The third-order valence-corrected chi connectivity index (χ3v) is 2.61. The normalized spacial score (nSPS) is 19.1. The second-order valence-corrected chi connectivity index (χ2v) is 4.91. The molecule has 82 valence electrons. The summed E-state index contributed by atoms with van der Waals surface area (Å²) in [6.45, 7) is 5.48. The van der Waals surface area contributed by atoms with E-state index in [0.29, 0.717) is 5.92 Å². The maximum atomic E-state index is 11.1. The number of carboxylic acid groups (broad SMARTS) is 1. The van der Waals surface area contributed by atoms with Crippen LogP contribution in [0.1, 0.15) is 33.6 Å². The Morgan fingerprint density at radius 2 is 2.00 bits per heavy atom. The van der Waals surface area contributed by atoms with Crippen molar-refractivity contribution >= 4 is 6.09 Å². The van der Waals surface area contributed by atoms with Crippen LogP contribution < -0.4 is 0 Å². The molecule has 1 unspecified atom stereocenters. The summed E-state index contributed by atoms with van der Waals surface area (Å²) in [6, 6.07) is -0.229. The summed E-state index contributed by atoms with van der Waals surface area (Å²) in [7, 11) is 0. The number of hydrogen-bond donors (Lipinski definition) is 2. The van der Waals surface area contributed by atoms with Crippen LogP contribution in [0.25, 0.3) is 0 Å². The van der Waals surface area contributed by atoms with Gasteiger partial charge < -0.3 is 10.2 Å².